The van der Waals surface area contributed by atoms with Crippen LogP contribution >= 0.6 is 23.2 Å². The van der Waals surface area contributed by atoms with Crippen LogP contribution in [-0.2, 0) is 20.7 Å². The lowest BCUT2D eigenvalue weighted by Crippen LogP contribution is -2.26. The molecule has 0 amide bonds. The smallest absolute Gasteiger partial charge is 0.320 e. The van der Waals surface area contributed by atoms with Crippen LogP contribution in [0.5, 0.6) is 0 Å². The molecule has 0 spiro atoms. The summed E-state index contributed by atoms with van der Waals surface area (Å²) in [5.41, 5.74) is 0.951. The van der Waals surface area contributed by atoms with Gasteiger partial charge < -0.3 is 9.84 Å². The molecule has 0 aromatic heterocycles. The van der Waals surface area contributed by atoms with E-state index >= 15 is 0 Å². The molecule has 0 bridgehead atoms. The van der Waals surface area contributed by atoms with Crippen molar-refractivity contribution in [2.75, 3.05) is 6.61 Å². The lowest BCUT2D eigenvalue weighted by atomic mass is 10.00. The van der Waals surface area contributed by atoms with Crippen molar-refractivity contribution in [3.05, 3.63) is 33.8 Å². The predicted octanol–water partition coefficient (Wildman–Crippen LogP) is 3.58. The van der Waals surface area contributed by atoms with Gasteiger partial charge in [0.25, 0.3) is 0 Å². The highest BCUT2D eigenvalue weighted by atomic mass is 35.5. The Morgan fingerprint density at radius 1 is 1.30 bits per heavy atom. The summed E-state index contributed by atoms with van der Waals surface area (Å²) in [5, 5.41) is 9.95. The average molecular weight is 319 g/mol. The van der Waals surface area contributed by atoms with Crippen LogP contribution in [0.25, 0.3) is 0 Å². The number of carboxylic acid groups (broad SMARTS) is 1. The van der Waals surface area contributed by atoms with Crippen LogP contribution in [0.1, 0.15) is 25.3 Å². The van der Waals surface area contributed by atoms with E-state index in [0.717, 1.165) is 5.56 Å². The molecule has 1 aromatic carbocycles. The molecule has 4 nitrogen and oxygen atoms in total. The minimum absolute atomic E-state index is 0.176. The van der Waals surface area contributed by atoms with Gasteiger partial charge in [-0.15, -0.1) is 0 Å². The van der Waals surface area contributed by atoms with Crippen molar-refractivity contribution in [3.8, 4) is 0 Å². The number of aryl methyl sites for hydroxylation is 1. The Bertz CT molecular complexity index is 488. The van der Waals surface area contributed by atoms with Crippen molar-refractivity contribution < 1.29 is 19.4 Å². The Morgan fingerprint density at radius 2 is 2.00 bits per heavy atom. The molecular formula is C14H16Cl2O4. The molecule has 0 saturated heterocycles. The molecule has 110 valence electrons. The molecular weight excluding hydrogens is 303 g/mol. The first-order valence-corrected chi connectivity index (χ1v) is 7.04. The number of rotatable bonds is 7. The number of hydrogen-bond acceptors (Lipinski definition) is 3. The summed E-state index contributed by atoms with van der Waals surface area (Å²) in [5.74, 6) is -2.95. The Hall–Kier alpha value is -1.26. The van der Waals surface area contributed by atoms with E-state index in [-0.39, 0.29) is 13.0 Å². The highest BCUT2D eigenvalue weighted by Gasteiger charge is 2.26. The zero-order valence-corrected chi connectivity index (χ0v) is 12.6. The molecule has 1 atom stereocenters. The number of esters is 1. The van der Waals surface area contributed by atoms with E-state index in [1.165, 1.54) is 0 Å². The maximum absolute atomic E-state index is 11.5. The van der Waals surface area contributed by atoms with Gasteiger partial charge in [0.05, 0.1) is 16.7 Å². The van der Waals surface area contributed by atoms with Crippen molar-refractivity contribution >= 4 is 35.1 Å². The second-order valence-corrected chi connectivity index (χ2v) is 5.10. The Balaban J connectivity index is 2.54. The number of halogens is 2. The maximum Gasteiger partial charge on any atom is 0.320 e. The summed E-state index contributed by atoms with van der Waals surface area (Å²) in [6, 6.07) is 5.26. The van der Waals surface area contributed by atoms with Gasteiger partial charge in [-0.2, -0.15) is 0 Å². The second kappa shape index (κ2) is 8.12. The average Bonchev–Trinajstić information content (AvgIpc) is 2.38. The quantitative estimate of drug-likeness (QED) is 0.616. The molecule has 20 heavy (non-hydrogen) atoms. The van der Waals surface area contributed by atoms with Gasteiger partial charge in [0, 0.05) is 0 Å². The van der Waals surface area contributed by atoms with Gasteiger partial charge in [-0.1, -0.05) is 29.3 Å². The van der Waals surface area contributed by atoms with Gasteiger partial charge in [0.2, 0.25) is 0 Å². The van der Waals surface area contributed by atoms with Crippen LogP contribution in [-0.4, -0.2) is 23.7 Å². The number of ether oxygens (including phenoxy) is 1. The number of hydrogen-bond donors (Lipinski definition) is 1. The van der Waals surface area contributed by atoms with E-state index < -0.39 is 17.9 Å². The largest absolute Gasteiger partial charge is 0.481 e. The summed E-state index contributed by atoms with van der Waals surface area (Å²) < 4.78 is 4.74. The van der Waals surface area contributed by atoms with Crippen LogP contribution in [0.4, 0.5) is 0 Å². The highest BCUT2D eigenvalue weighted by molar-refractivity contribution is 6.42. The van der Waals surface area contributed by atoms with E-state index in [1.54, 1.807) is 19.1 Å². The summed E-state index contributed by atoms with van der Waals surface area (Å²) in [4.78, 5) is 22.5. The van der Waals surface area contributed by atoms with Crippen molar-refractivity contribution in [2.24, 2.45) is 5.92 Å². The monoisotopic (exact) mass is 318 g/mol. The van der Waals surface area contributed by atoms with Crippen LogP contribution in [0, 0.1) is 5.92 Å². The normalized spacial score (nSPS) is 11.9. The summed E-state index contributed by atoms with van der Waals surface area (Å²) in [6.45, 7) is 1.82. The number of benzene rings is 1. The molecule has 0 radical (unpaired) electrons. The summed E-state index contributed by atoms with van der Waals surface area (Å²) in [6.07, 6.45) is 1.40. The minimum atomic E-state index is -1.16. The Labute approximate surface area is 127 Å². The van der Waals surface area contributed by atoms with Gasteiger partial charge >= 0.3 is 11.9 Å². The van der Waals surface area contributed by atoms with Crippen molar-refractivity contribution in [2.45, 2.75) is 26.2 Å². The third-order valence-electron chi connectivity index (χ3n) is 2.81. The fraction of sp³-hybridized carbons (Fsp3) is 0.429. The minimum Gasteiger partial charge on any atom is -0.481 e. The van der Waals surface area contributed by atoms with Gasteiger partial charge in [0.15, 0.2) is 5.92 Å². The van der Waals surface area contributed by atoms with Gasteiger partial charge in [-0.3, -0.25) is 9.59 Å². The predicted molar refractivity (Wildman–Crippen MR) is 77.2 cm³/mol. The number of carbonyl (C=O) groups is 2. The standard InChI is InChI=1S/C14H16Cl2O4/c1-2-20-14(19)10(13(17)18)5-3-4-9-6-7-11(15)12(16)8-9/h6-8,10H,2-5H2,1H3,(H,17,18). The fourth-order valence-corrected chi connectivity index (χ4v) is 2.11. The lowest BCUT2D eigenvalue weighted by molar-refractivity contribution is -0.158. The van der Waals surface area contributed by atoms with Gasteiger partial charge in [0.1, 0.15) is 0 Å². The van der Waals surface area contributed by atoms with E-state index in [9.17, 15) is 9.59 Å². The Morgan fingerprint density at radius 3 is 2.55 bits per heavy atom. The van der Waals surface area contributed by atoms with Crippen LogP contribution in [0.2, 0.25) is 10.0 Å². The highest BCUT2D eigenvalue weighted by Crippen LogP contribution is 2.23. The Kier molecular flexibility index (Phi) is 6.82. The first-order chi connectivity index (χ1) is 9.45. The molecule has 0 aliphatic carbocycles. The maximum atomic E-state index is 11.5. The lowest BCUT2D eigenvalue weighted by Gasteiger charge is -2.11. The molecule has 0 heterocycles. The first kappa shape index (κ1) is 16.8. The number of aliphatic carboxylic acids is 1. The van der Waals surface area contributed by atoms with Crippen molar-refractivity contribution in [3.63, 3.8) is 0 Å². The van der Waals surface area contributed by atoms with E-state index in [4.69, 9.17) is 33.0 Å². The molecule has 1 unspecified atom stereocenters. The SMILES string of the molecule is CCOC(=O)C(CCCc1ccc(Cl)c(Cl)c1)C(=O)O. The number of carboxylic acids is 1. The van der Waals surface area contributed by atoms with Crippen LogP contribution < -0.4 is 0 Å². The molecule has 1 N–H and O–H groups in total. The van der Waals surface area contributed by atoms with Crippen molar-refractivity contribution in [1.82, 2.24) is 0 Å². The van der Waals surface area contributed by atoms with Gasteiger partial charge in [-0.05, 0) is 43.9 Å². The molecule has 1 aromatic rings. The topological polar surface area (TPSA) is 63.6 Å². The first-order valence-electron chi connectivity index (χ1n) is 6.29. The van der Waals surface area contributed by atoms with Crippen LogP contribution in [0.3, 0.4) is 0 Å². The van der Waals surface area contributed by atoms with E-state index in [0.29, 0.717) is 22.9 Å². The molecule has 6 heteroatoms. The zero-order chi connectivity index (χ0) is 15.1. The number of carbonyl (C=O) groups excluding carboxylic acids is 1. The van der Waals surface area contributed by atoms with E-state index in [2.05, 4.69) is 0 Å². The summed E-state index contributed by atoms with van der Waals surface area (Å²) in [7, 11) is 0. The second-order valence-electron chi connectivity index (χ2n) is 4.28. The van der Waals surface area contributed by atoms with Crippen molar-refractivity contribution in [1.29, 1.82) is 0 Å². The van der Waals surface area contributed by atoms with Crippen LogP contribution in [0.15, 0.2) is 18.2 Å². The molecule has 0 fully saturated rings. The molecule has 0 aliphatic heterocycles. The fourth-order valence-electron chi connectivity index (χ4n) is 1.79. The van der Waals surface area contributed by atoms with Gasteiger partial charge in [-0.25, -0.2) is 0 Å². The van der Waals surface area contributed by atoms with E-state index in [1.807, 2.05) is 6.07 Å². The summed E-state index contributed by atoms with van der Waals surface area (Å²) >= 11 is 11.7. The zero-order valence-electron chi connectivity index (χ0n) is 11.1. The third-order valence-corrected chi connectivity index (χ3v) is 3.55. The third kappa shape index (κ3) is 5.02. The molecule has 0 saturated carbocycles. The molecule has 1 rings (SSSR count). The molecule has 0 aliphatic rings.